The predicted molar refractivity (Wildman–Crippen MR) is 136 cm³/mol. The third-order valence-electron chi connectivity index (χ3n) is 7.28. The third-order valence-corrected chi connectivity index (χ3v) is 7.28. The molecule has 13 heteroatoms. The fourth-order valence-corrected chi connectivity index (χ4v) is 5.01. The summed E-state index contributed by atoms with van der Waals surface area (Å²) < 4.78 is 22.4. The largest absolute Gasteiger partial charge is 0.507 e. The van der Waals surface area contributed by atoms with Crippen LogP contribution in [-0.4, -0.2) is 96.5 Å². The van der Waals surface area contributed by atoms with Crippen LogP contribution in [0.5, 0.6) is 17.2 Å². The Morgan fingerprint density at radius 2 is 1.62 bits per heavy atom. The van der Waals surface area contributed by atoms with E-state index >= 15 is 0 Å². The summed E-state index contributed by atoms with van der Waals surface area (Å²) in [6, 6.07) is 8.32. The van der Waals surface area contributed by atoms with Crippen LogP contribution in [0.3, 0.4) is 0 Å². The topological polar surface area (TPSA) is 220 Å². The van der Waals surface area contributed by atoms with E-state index < -0.39 is 78.7 Å². The highest BCUT2D eigenvalue weighted by Crippen LogP contribution is 2.44. The number of hydrogen-bond acceptors (Lipinski definition) is 13. The first-order valence-corrected chi connectivity index (χ1v) is 12.6. The van der Waals surface area contributed by atoms with Crippen LogP contribution in [0.15, 0.2) is 45.6 Å². The molecule has 2 aliphatic heterocycles. The molecule has 13 nitrogen and oxygen atoms in total. The summed E-state index contributed by atoms with van der Waals surface area (Å²) in [5.74, 6) is -0.677. The number of phenolic OH excluding ortho intramolecular Hbond substituents is 2. The molecule has 9 atom stereocenters. The third kappa shape index (κ3) is 5.02. The summed E-state index contributed by atoms with van der Waals surface area (Å²) >= 11 is 0. The number of aliphatic hydroxyl groups is 6. The van der Waals surface area contributed by atoms with E-state index in [1.54, 1.807) is 0 Å². The summed E-state index contributed by atoms with van der Waals surface area (Å²) in [5.41, 5.74) is -0.391. The van der Waals surface area contributed by atoms with Crippen LogP contribution >= 0.6 is 0 Å². The van der Waals surface area contributed by atoms with Crippen LogP contribution in [0, 0.1) is 0 Å². The van der Waals surface area contributed by atoms with Crippen LogP contribution in [-0.2, 0) is 9.47 Å². The minimum atomic E-state index is -1.60. The molecule has 0 unspecified atom stereocenters. The van der Waals surface area contributed by atoms with Gasteiger partial charge in [0.25, 0.3) is 0 Å². The average molecular weight is 563 g/mol. The second-order valence-corrected chi connectivity index (χ2v) is 9.97. The molecule has 2 fully saturated rings. The molecule has 2 aromatic carbocycles. The first-order chi connectivity index (χ1) is 19.0. The minimum absolute atomic E-state index is 0.0972. The molecule has 3 aromatic rings. The van der Waals surface area contributed by atoms with Crippen molar-refractivity contribution >= 4 is 11.0 Å². The Morgan fingerprint density at radius 3 is 2.27 bits per heavy atom. The lowest BCUT2D eigenvalue weighted by Gasteiger charge is -2.39. The zero-order chi connectivity index (χ0) is 28.9. The standard InChI is InChI=1S/C27H30O13/c1-10-22(32)15(31)8-17(37-10)20-14(30)7-18-21(24(20)34)13(29)6-16(39-18)11-2-4-12(5-3-11)38-27-26(36)25(35)23(33)19(9-28)40-27/h2-7,10,15,17,19,22-23,25-28,30-36H,8-9H2,1H3/t10-,15+,17-,19-,22-,23-,25+,26-,27+/m1/s1. The molecule has 40 heavy (non-hydrogen) atoms. The SMILES string of the molecule is C[C@H]1O[C@@H](c2c(O)cc3oc(-c4ccc(O[C@H]5O[C@H](CO)[C@@H](O)[C@H](O)[C@H]5O)cc4)cc(=O)c3c2O)C[C@H](O)[C@@H]1O. The van der Waals surface area contributed by atoms with Crippen molar-refractivity contribution in [3.05, 3.63) is 52.2 Å². The number of hydrogen-bond donors (Lipinski definition) is 8. The minimum Gasteiger partial charge on any atom is -0.507 e. The van der Waals surface area contributed by atoms with Gasteiger partial charge in [0.05, 0.1) is 30.5 Å². The van der Waals surface area contributed by atoms with Gasteiger partial charge in [-0.3, -0.25) is 4.79 Å². The lowest BCUT2D eigenvalue weighted by Crippen LogP contribution is -2.60. The first kappa shape index (κ1) is 28.3. The van der Waals surface area contributed by atoms with E-state index in [1.807, 2.05) is 0 Å². The van der Waals surface area contributed by atoms with E-state index in [-0.39, 0.29) is 34.5 Å². The number of fused-ring (bicyclic) bond motifs is 1. The fourth-order valence-electron chi connectivity index (χ4n) is 5.01. The van der Waals surface area contributed by atoms with Crippen LogP contribution in [0.2, 0.25) is 0 Å². The molecule has 2 saturated heterocycles. The van der Waals surface area contributed by atoms with Crippen LogP contribution < -0.4 is 10.2 Å². The van der Waals surface area contributed by atoms with Crippen molar-refractivity contribution in [2.75, 3.05) is 6.61 Å². The molecule has 0 aliphatic carbocycles. The zero-order valence-electron chi connectivity index (χ0n) is 21.2. The van der Waals surface area contributed by atoms with Gasteiger partial charge in [-0.1, -0.05) is 0 Å². The van der Waals surface area contributed by atoms with Gasteiger partial charge in [-0.15, -0.1) is 0 Å². The molecule has 216 valence electrons. The Hall–Kier alpha value is -3.27. The first-order valence-electron chi connectivity index (χ1n) is 12.6. The number of rotatable bonds is 5. The van der Waals surface area contributed by atoms with Crippen molar-refractivity contribution in [2.45, 2.75) is 68.5 Å². The Morgan fingerprint density at radius 1 is 0.925 bits per heavy atom. The van der Waals surface area contributed by atoms with E-state index in [2.05, 4.69) is 0 Å². The molecule has 0 amide bonds. The van der Waals surface area contributed by atoms with Crippen molar-refractivity contribution in [3.63, 3.8) is 0 Å². The van der Waals surface area contributed by atoms with Crippen molar-refractivity contribution < 1.29 is 59.5 Å². The highest BCUT2D eigenvalue weighted by Gasteiger charge is 2.44. The summed E-state index contributed by atoms with van der Waals surface area (Å²) in [6.07, 6.45) is -11.4. The van der Waals surface area contributed by atoms with Gasteiger partial charge < -0.3 is 59.5 Å². The normalized spacial score (nSPS) is 32.7. The van der Waals surface area contributed by atoms with Crippen LogP contribution in [0.4, 0.5) is 0 Å². The maximum atomic E-state index is 13.0. The number of benzene rings is 2. The highest BCUT2D eigenvalue weighted by molar-refractivity contribution is 5.88. The Kier molecular flexibility index (Phi) is 7.74. The van der Waals surface area contributed by atoms with Gasteiger partial charge in [0, 0.05) is 24.1 Å². The Bertz CT molecular complexity index is 1410. The number of ether oxygens (including phenoxy) is 3. The Balaban J connectivity index is 1.41. The van der Waals surface area contributed by atoms with Gasteiger partial charge in [-0.25, -0.2) is 0 Å². The monoisotopic (exact) mass is 562 g/mol. The van der Waals surface area contributed by atoms with Gasteiger partial charge in [0.15, 0.2) is 5.43 Å². The van der Waals surface area contributed by atoms with Crippen molar-refractivity contribution in [1.82, 2.24) is 0 Å². The molecule has 1 aromatic heterocycles. The van der Waals surface area contributed by atoms with E-state index in [0.29, 0.717) is 5.56 Å². The van der Waals surface area contributed by atoms with Gasteiger partial charge in [-0.05, 0) is 31.2 Å². The summed E-state index contributed by atoms with van der Waals surface area (Å²) in [7, 11) is 0. The lowest BCUT2D eigenvalue weighted by atomic mass is 9.92. The Labute approximate surface area is 226 Å². The molecule has 2 aliphatic rings. The van der Waals surface area contributed by atoms with E-state index in [1.165, 1.54) is 31.2 Å². The lowest BCUT2D eigenvalue weighted by molar-refractivity contribution is -0.277. The zero-order valence-corrected chi connectivity index (χ0v) is 21.2. The number of phenols is 2. The van der Waals surface area contributed by atoms with E-state index in [0.717, 1.165) is 12.1 Å². The predicted octanol–water partition coefficient (Wildman–Crippen LogP) is -0.378. The van der Waals surface area contributed by atoms with Gasteiger partial charge in [-0.2, -0.15) is 0 Å². The quantitative estimate of drug-likeness (QED) is 0.199. The molecule has 5 rings (SSSR count). The van der Waals surface area contributed by atoms with Crippen LogP contribution in [0.25, 0.3) is 22.3 Å². The molecule has 0 saturated carbocycles. The molecular formula is C27H30O13. The summed E-state index contributed by atoms with van der Waals surface area (Å²) in [4.78, 5) is 13.0. The smallest absolute Gasteiger partial charge is 0.229 e. The molecule has 3 heterocycles. The van der Waals surface area contributed by atoms with Crippen molar-refractivity contribution in [1.29, 1.82) is 0 Å². The van der Waals surface area contributed by atoms with Gasteiger partial charge in [0.2, 0.25) is 6.29 Å². The highest BCUT2D eigenvalue weighted by atomic mass is 16.7. The van der Waals surface area contributed by atoms with E-state index in [9.17, 15) is 45.6 Å². The second-order valence-electron chi connectivity index (χ2n) is 9.97. The summed E-state index contributed by atoms with van der Waals surface area (Å²) in [5, 5.41) is 80.8. The number of aliphatic hydroxyl groups excluding tert-OH is 6. The maximum Gasteiger partial charge on any atom is 0.229 e. The molecular weight excluding hydrogens is 532 g/mol. The molecule has 0 spiro atoms. The van der Waals surface area contributed by atoms with E-state index in [4.69, 9.17) is 18.6 Å². The number of aromatic hydroxyl groups is 2. The maximum absolute atomic E-state index is 13.0. The van der Waals surface area contributed by atoms with Gasteiger partial charge >= 0.3 is 0 Å². The fraction of sp³-hybridized carbons (Fsp3) is 0.444. The molecule has 0 radical (unpaired) electrons. The summed E-state index contributed by atoms with van der Waals surface area (Å²) in [6.45, 7) is 0.936. The van der Waals surface area contributed by atoms with Crippen molar-refractivity contribution in [3.8, 4) is 28.6 Å². The molecule has 0 bridgehead atoms. The second kappa shape index (κ2) is 11.0. The molecule has 8 N–H and O–H groups in total. The van der Waals surface area contributed by atoms with Crippen LogP contribution in [0.1, 0.15) is 25.0 Å². The average Bonchev–Trinajstić information content (AvgIpc) is 2.91. The van der Waals surface area contributed by atoms with Gasteiger partial charge in [0.1, 0.15) is 64.5 Å². The van der Waals surface area contributed by atoms with Crippen molar-refractivity contribution in [2.24, 2.45) is 0 Å².